The zero-order valence-electron chi connectivity index (χ0n) is 11.9. The van der Waals surface area contributed by atoms with Gasteiger partial charge in [-0.05, 0) is 24.8 Å². The summed E-state index contributed by atoms with van der Waals surface area (Å²) >= 11 is 5.91. The highest BCUT2D eigenvalue weighted by atomic mass is 35.5. The zero-order chi connectivity index (χ0) is 14.7. The largest absolute Gasteiger partial charge is 0.394 e. The van der Waals surface area contributed by atoms with Crippen LogP contribution >= 0.6 is 11.6 Å². The van der Waals surface area contributed by atoms with E-state index >= 15 is 0 Å². The van der Waals surface area contributed by atoms with Gasteiger partial charge in [-0.3, -0.25) is 4.68 Å². The molecule has 1 unspecified atom stereocenters. The number of aliphatic hydroxyl groups excluding tert-OH is 1. The Balaban J connectivity index is 1.80. The number of aryl methyl sites for hydroxylation is 1. The molecule has 0 aliphatic heterocycles. The molecule has 0 bridgehead atoms. The maximum atomic E-state index is 10.1. The van der Waals surface area contributed by atoms with Gasteiger partial charge >= 0.3 is 0 Å². The van der Waals surface area contributed by atoms with Gasteiger partial charge in [0.15, 0.2) is 0 Å². The van der Waals surface area contributed by atoms with Crippen molar-refractivity contribution in [2.45, 2.75) is 37.4 Å². The second kappa shape index (κ2) is 6.18. The Bertz CT molecular complexity index is 582. The molecule has 21 heavy (non-hydrogen) atoms. The Morgan fingerprint density at radius 3 is 2.67 bits per heavy atom. The van der Waals surface area contributed by atoms with Crippen molar-refractivity contribution in [3.05, 3.63) is 53.3 Å². The molecule has 112 valence electrons. The van der Waals surface area contributed by atoms with Crippen LogP contribution in [-0.4, -0.2) is 27.5 Å². The maximum Gasteiger partial charge on any atom is 0.0785 e. The molecule has 2 N–H and O–H groups in total. The number of nitrogens with zero attached hydrogens (tertiary/aromatic N) is 2. The molecule has 0 radical (unpaired) electrons. The molecule has 0 amide bonds. The van der Waals surface area contributed by atoms with Crippen molar-refractivity contribution in [3.8, 4) is 0 Å². The summed E-state index contributed by atoms with van der Waals surface area (Å²) in [7, 11) is 0. The fourth-order valence-electron chi connectivity index (χ4n) is 2.66. The van der Waals surface area contributed by atoms with Crippen LogP contribution in [0.1, 0.15) is 24.8 Å². The van der Waals surface area contributed by atoms with Gasteiger partial charge in [-0.1, -0.05) is 41.9 Å². The van der Waals surface area contributed by atoms with Gasteiger partial charge in [0, 0.05) is 18.8 Å². The van der Waals surface area contributed by atoms with Gasteiger partial charge in [0.1, 0.15) is 0 Å². The van der Waals surface area contributed by atoms with E-state index in [4.69, 9.17) is 11.6 Å². The fourth-order valence-corrected chi connectivity index (χ4v) is 2.81. The third kappa shape index (κ3) is 3.46. The summed E-state index contributed by atoms with van der Waals surface area (Å²) in [5.41, 5.74) is 0.707. The van der Waals surface area contributed by atoms with Gasteiger partial charge in [-0.15, -0.1) is 0 Å². The number of hydrogen-bond acceptors (Lipinski definition) is 3. The minimum Gasteiger partial charge on any atom is -0.394 e. The minimum atomic E-state index is -0.416. The van der Waals surface area contributed by atoms with Crippen molar-refractivity contribution in [3.63, 3.8) is 0 Å². The van der Waals surface area contributed by atoms with Gasteiger partial charge in [0.05, 0.1) is 23.4 Å². The lowest BCUT2D eigenvalue weighted by atomic mass is 9.87. The Kier molecular flexibility index (Phi) is 4.29. The van der Waals surface area contributed by atoms with Crippen molar-refractivity contribution >= 4 is 11.6 Å². The molecule has 0 saturated heterocycles. The first-order valence-corrected chi connectivity index (χ1v) is 7.72. The smallest absolute Gasteiger partial charge is 0.0785 e. The average Bonchev–Trinajstić information content (AvgIpc) is 3.24. The number of benzene rings is 1. The summed E-state index contributed by atoms with van der Waals surface area (Å²) in [5.74, 6) is 0. The number of nitrogens with one attached hydrogen (secondary N) is 1. The van der Waals surface area contributed by atoms with Crippen LogP contribution in [0, 0.1) is 0 Å². The van der Waals surface area contributed by atoms with Crippen LogP contribution in [0.5, 0.6) is 0 Å². The van der Waals surface area contributed by atoms with E-state index in [2.05, 4.69) is 22.5 Å². The van der Waals surface area contributed by atoms with Crippen molar-refractivity contribution in [2.75, 3.05) is 6.61 Å². The summed E-state index contributed by atoms with van der Waals surface area (Å²) in [6.07, 6.45) is 6.58. The third-order valence-corrected chi connectivity index (χ3v) is 4.22. The molecule has 3 rings (SSSR count). The van der Waals surface area contributed by atoms with Crippen LogP contribution in [0.25, 0.3) is 0 Å². The Hall–Kier alpha value is -1.36. The third-order valence-electron chi connectivity index (χ3n) is 4.02. The molecule has 0 spiro atoms. The van der Waals surface area contributed by atoms with E-state index in [1.165, 1.54) is 12.8 Å². The molecule has 1 fully saturated rings. The van der Waals surface area contributed by atoms with E-state index in [0.29, 0.717) is 17.6 Å². The predicted molar refractivity (Wildman–Crippen MR) is 83.2 cm³/mol. The van der Waals surface area contributed by atoms with Crippen molar-refractivity contribution in [1.82, 2.24) is 15.1 Å². The first-order valence-electron chi connectivity index (χ1n) is 7.34. The van der Waals surface area contributed by atoms with Crippen LogP contribution in [0.3, 0.4) is 0 Å². The van der Waals surface area contributed by atoms with E-state index < -0.39 is 5.54 Å². The lowest BCUT2D eigenvalue weighted by Gasteiger charge is -2.34. The van der Waals surface area contributed by atoms with E-state index in [1.807, 2.05) is 29.1 Å². The molecular weight excluding hydrogens is 286 g/mol. The summed E-state index contributed by atoms with van der Waals surface area (Å²) in [6, 6.07) is 10.7. The molecular formula is C16H20ClN3O. The minimum absolute atomic E-state index is 0.0719. The van der Waals surface area contributed by atoms with E-state index in [9.17, 15) is 5.11 Å². The molecule has 1 atom stereocenters. The Labute approximate surface area is 129 Å². The molecule has 5 heteroatoms. The van der Waals surface area contributed by atoms with E-state index in [-0.39, 0.29) is 6.61 Å². The number of halogens is 1. The van der Waals surface area contributed by atoms with Crippen LogP contribution < -0.4 is 5.32 Å². The standard InChI is InChI=1S/C16H20ClN3O/c17-14-10-18-20(11-14)9-8-16(12-21,19-15-6-7-15)13-4-2-1-3-5-13/h1-5,10-11,15,19,21H,6-9,12H2. The highest BCUT2D eigenvalue weighted by molar-refractivity contribution is 6.30. The number of aliphatic hydroxyl groups is 1. The number of aromatic nitrogens is 2. The lowest BCUT2D eigenvalue weighted by molar-refractivity contribution is 0.142. The molecule has 2 aromatic rings. The lowest BCUT2D eigenvalue weighted by Crippen LogP contribution is -2.47. The number of rotatable bonds is 7. The molecule has 1 aliphatic carbocycles. The van der Waals surface area contributed by atoms with Crippen LogP contribution in [0.2, 0.25) is 5.02 Å². The topological polar surface area (TPSA) is 50.1 Å². The molecule has 1 heterocycles. The highest BCUT2D eigenvalue weighted by Crippen LogP contribution is 2.31. The predicted octanol–water partition coefficient (Wildman–Crippen LogP) is 2.57. The Morgan fingerprint density at radius 2 is 2.10 bits per heavy atom. The van der Waals surface area contributed by atoms with E-state index in [0.717, 1.165) is 12.0 Å². The van der Waals surface area contributed by atoms with E-state index in [1.54, 1.807) is 6.20 Å². The highest BCUT2D eigenvalue weighted by Gasteiger charge is 2.37. The van der Waals surface area contributed by atoms with Crippen molar-refractivity contribution in [1.29, 1.82) is 0 Å². The second-order valence-corrected chi connectivity index (χ2v) is 6.13. The fraction of sp³-hybridized carbons (Fsp3) is 0.438. The maximum absolute atomic E-state index is 10.1. The molecule has 1 aromatic carbocycles. The zero-order valence-corrected chi connectivity index (χ0v) is 12.6. The summed E-state index contributed by atoms with van der Waals surface area (Å²) in [4.78, 5) is 0. The summed E-state index contributed by atoms with van der Waals surface area (Å²) in [5, 5.41) is 18.6. The normalized spacial score (nSPS) is 17.6. The molecule has 1 aliphatic rings. The van der Waals surface area contributed by atoms with Crippen LogP contribution in [-0.2, 0) is 12.1 Å². The van der Waals surface area contributed by atoms with Gasteiger partial charge in [-0.2, -0.15) is 5.10 Å². The quantitative estimate of drug-likeness (QED) is 0.826. The average molecular weight is 306 g/mol. The van der Waals surface area contributed by atoms with Crippen LogP contribution in [0.4, 0.5) is 0 Å². The summed E-state index contributed by atoms with van der Waals surface area (Å²) < 4.78 is 1.82. The molecule has 1 aromatic heterocycles. The summed E-state index contributed by atoms with van der Waals surface area (Å²) in [6.45, 7) is 0.782. The number of hydrogen-bond donors (Lipinski definition) is 2. The first-order chi connectivity index (χ1) is 10.2. The molecule has 1 saturated carbocycles. The van der Waals surface area contributed by atoms with Gasteiger partial charge < -0.3 is 10.4 Å². The van der Waals surface area contributed by atoms with Gasteiger partial charge in [0.25, 0.3) is 0 Å². The van der Waals surface area contributed by atoms with Gasteiger partial charge in [0.2, 0.25) is 0 Å². The molecule has 4 nitrogen and oxygen atoms in total. The Morgan fingerprint density at radius 1 is 1.33 bits per heavy atom. The van der Waals surface area contributed by atoms with Crippen molar-refractivity contribution < 1.29 is 5.11 Å². The first kappa shape index (κ1) is 14.6. The monoisotopic (exact) mass is 305 g/mol. The van der Waals surface area contributed by atoms with Crippen molar-refractivity contribution in [2.24, 2.45) is 0 Å². The van der Waals surface area contributed by atoms with Gasteiger partial charge in [-0.25, -0.2) is 0 Å². The van der Waals surface area contributed by atoms with Crippen LogP contribution in [0.15, 0.2) is 42.7 Å². The second-order valence-electron chi connectivity index (χ2n) is 5.70. The SMILES string of the molecule is OCC(CCn1cc(Cl)cn1)(NC1CC1)c1ccccc1.